The zero-order valence-corrected chi connectivity index (χ0v) is 30.9. The van der Waals surface area contributed by atoms with E-state index in [0.717, 1.165) is 0 Å². The van der Waals surface area contributed by atoms with Crippen LogP contribution < -0.4 is 54.4 Å². The lowest BCUT2D eigenvalue weighted by atomic mass is 10.0. The fourth-order valence-electron chi connectivity index (χ4n) is 5.01. The van der Waals surface area contributed by atoms with E-state index in [1.165, 1.54) is 38.2 Å². The number of carbonyl (C=O) groups excluding carboxylic acids is 6. The van der Waals surface area contributed by atoms with Crippen molar-refractivity contribution in [2.75, 3.05) is 20.1 Å². The fraction of sp³-hybridized carbons (Fsp3) is 0.618. The second kappa shape index (κ2) is 24.3. The van der Waals surface area contributed by atoms with Crippen molar-refractivity contribution in [1.29, 1.82) is 0 Å². The fourth-order valence-corrected chi connectivity index (χ4v) is 5.01. The molecule has 6 atom stereocenters. The van der Waals surface area contributed by atoms with Crippen LogP contribution >= 0.6 is 0 Å². The van der Waals surface area contributed by atoms with Gasteiger partial charge >= 0.3 is 12.0 Å². The van der Waals surface area contributed by atoms with Gasteiger partial charge in [-0.05, 0) is 88.6 Å². The first-order valence-electron chi connectivity index (χ1n) is 17.7. The SMILES string of the molecule is CNC(=O)N[C@H](NC(=O)[C@H](CCCCN)NC(=O)[C@H](CCCCN)NC(=O)[C@H](C)N)C(=O)N[C@@H](Cc1ccc(O)cc1)C(=O)N[C@@H](CC(C)C)C(=O)O. The molecule has 1 aromatic rings. The van der Waals surface area contributed by atoms with E-state index in [2.05, 4.69) is 37.2 Å². The second-order valence-corrected chi connectivity index (χ2v) is 13.1. The zero-order valence-electron chi connectivity index (χ0n) is 30.9. The van der Waals surface area contributed by atoms with Crippen molar-refractivity contribution in [1.82, 2.24) is 37.2 Å². The summed E-state index contributed by atoms with van der Waals surface area (Å²) in [5.74, 6) is -5.49. The number of nitrogens with one attached hydrogen (secondary N) is 7. The number of carboxylic acid groups (broad SMARTS) is 1. The van der Waals surface area contributed by atoms with Crippen LogP contribution in [0.5, 0.6) is 5.75 Å². The van der Waals surface area contributed by atoms with Gasteiger partial charge in [-0.15, -0.1) is 0 Å². The van der Waals surface area contributed by atoms with E-state index >= 15 is 0 Å². The van der Waals surface area contributed by atoms with E-state index in [0.29, 0.717) is 44.3 Å². The molecule has 1 aromatic carbocycles. The van der Waals surface area contributed by atoms with Gasteiger partial charge in [0, 0.05) is 13.5 Å². The van der Waals surface area contributed by atoms with Gasteiger partial charge in [0.25, 0.3) is 5.91 Å². The lowest BCUT2D eigenvalue weighted by Crippen LogP contribution is -2.64. The first-order valence-corrected chi connectivity index (χ1v) is 17.7. The second-order valence-electron chi connectivity index (χ2n) is 13.1. The summed E-state index contributed by atoms with van der Waals surface area (Å²) in [5.41, 5.74) is 17.4. The van der Waals surface area contributed by atoms with Crippen LogP contribution in [0.2, 0.25) is 0 Å². The van der Waals surface area contributed by atoms with E-state index in [9.17, 15) is 43.8 Å². The van der Waals surface area contributed by atoms with Gasteiger partial charge in [0.2, 0.25) is 23.6 Å². The van der Waals surface area contributed by atoms with Crippen LogP contribution in [-0.2, 0) is 35.2 Å². The van der Waals surface area contributed by atoms with Crippen LogP contribution in [0, 0.1) is 5.92 Å². The molecule has 0 saturated carbocycles. The Morgan fingerprint density at radius 1 is 0.642 bits per heavy atom. The summed E-state index contributed by atoms with van der Waals surface area (Å²) in [5, 5.41) is 36.6. The number of carboxylic acids is 1. The van der Waals surface area contributed by atoms with E-state index in [-0.39, 0.29) is 37.4 Å². The third-order valence-electron chi connectivity index (χ3n) is 7.96. The Morgan fingerprint density at radius 2 is 1.11 bits per heavy atom. The van der Waals surface area contributed by atoms with Gasteiger partial charge in [-0.2, -0.15) is 0 Å². The Kier molecular flexibility index (Phi) is 21.1. The number of hydrogen-bond acceptors (Lipinski definition) is 11. The number of carbonyl (C=O) groups is 7. The van der Waals surface area contributed by atoms with Gasteiger partial charge in [-0.3, -0.25) is 24.0 Å². The van der Waals surface area contributed by atoms with Crippen molar-refractivity contribution in [2.45, 2.75) is 109 Å². The molecule has 0 fully saturated rings. The number of urea groups is 1. The molecule has 7 amide bonds. The molecule has 0 bridgehead atoms. The highest BCUT2D eigenvalue weighted by atomic mass is 16.4. The van der Waals surface area contributed by atoms with Crippen LogP contribution in [0.3, 0.4) is 0 Å². The number of hydrogen-bond donors (Lipinski definition) is 12. The number of phenolic OH excluding ortho intramolecular Hbond substituents is 1. The predicted molar refractivity (Wildman–Crippen MR) is 196 cm³/mol. The molecule has 1 rings (SSSR count). The van der Waals surface area contributed by atoms with Crippen molar-refractivity contribution in [3.63, 3.8) is 0 Å². The third-order valence-corrected chi connectivity index (χ3v) is 7.96. The van der Waals surface area contributed by atoms with Crippen LogP contribution in [-0.4, -0.2) is 108 Å². The van der Waals surface area contributed by atoms with Crippen LogP contribution in [0.4, 0.5) is 4.79 Å². The van der Waals surface area contributed by atoms with Gasteiger partial charge in [0.1, 0.15) is 29.9 Å². The van der Waals surface area contributed by atoms with Crippen LogP contribution in [0.15, 0.2) is 24.3 Å². The van der Waals surface area contributed by atoms with Gasteiger partial charge in [0.05, 0.1) is 6.04 Å². The topological polar surface area (TPSA) is 322 Å². The van der Waals surface area contributed by atoms with Crippen LogP contribution in [0.1, 0.15) is 71.3 Å². The summed E-state index contributed by atoms with van der Waals surface area (Å²) in [6, 6.07) is -1.07. The van der Waals surface area contributed by atoms with E-state index < -0.39 is 77.9 Å². The summed E-state index contributed by atoms with van der Waals surface area (Å²) in [4.78, 5) is 91.2. The molecule has 0 aliphatic carbocycles. The van der Waals surface area contributed by atoms with Crippen molar-refractivity contribution in [3.8, 4) is 5.75 Å². The molecule has 0 aliphatic rings. The molecule has 0 radical (unpaired) electrons. The summed E-state index contributed by atoms with van der Waals surface area (Å²) >= 11 is 0. The monoisotopic (exact) mass is 750 g/mol. The lowest BCUT2D eigenvalue weighted by Gasteiger charge is -2.27. The number of amides is 7. The smallest absolute Gasteiger partial charge is 0.326 e. The Bertz CT molecular complexity index is 1360. The minimum Gasteiger partial charge on any atom is -0.508 e. The number of rotatable bonds is 24. The number of benzene rings is 1. The largest absolute Gasteiger partial charge is 0.508 e. The van der Waals surface area contributed by atoms with Crippen molar-refractivity contribution < 1.29 is 43.8 Å². The number of aromatic hydroxyl groups is 1. The molecule has 0 unspecified atom stereocenters. The molecular formula is C34H58N10O9. The normalized spacial score (nSPS) is 14.3. The Balaban J connectivity index is 3.41. The molecule has 298 valence electrons. The Hall–Kier alpha value is -5.01. The van der Waals surface area contributed by atoms with Gasteiger partial charge in [-0.25, -0.2) is 9.59 Å². The summed E-state index contributed by atoms with van der Waals surface area (Å²) < 4.78 is 0. The number of nitrogens with two attached hydrogens (primary N) is 3. The average Bonchev–Trinajstić information content (AvgIpc) is 3.10. The highest BCUT2D eigenvalue weighted by Gasteiger charge is 2.33. The van der Waals surface area contributed by atoms with Gasteiger partial charge in [0.15, 0.2) is 6.17 Å². The lowest BCUT2D eigenvalue weighted by molar-refractivity contribution is -0.142. The van der Waals surface area contributed by atoms with E-state index in [1.54, 1.807) is 13.8 Å². The Labute approximate surface area is 309 Å². The summed E-state index contributed by atoms with van der Waals surface area (Å²) in [6.07, 6.45) is 0.333. The van der Waals surface area contributed by atoms with E-state index in [4.69, 9.17) is 17.2 Å². The molecule has 15 N–H and O–H groups in total. The van der Waals surface area contributed by atoms with Crippen molar-refractivity contribution >= 4 is 41.5 Å². The molecular weight excluding hydrogens is 692 g/mol. The highest BCUT2D eigenvalue weighted by Crippen LogP contribution is 2.13. The third kappa shape index (κ3) is 17.9. The van der Waals surface area contributed by atoms with Gasteiger partial charge < -0.3 is 64.6 Å². The van der Waals surface area contributed by atoms with Gasteiger partial charge in [-0.1, -0.05) is 26.0 Å². The summed E-state index contributed by atoms with van der Waals surface area (Å²) in [7, 11) is 1.27. The summed E-state index contributed by atoms with van der Waals surface area (Å²) in [6.45, 7) is 5.66. The molecule has 19 heteroatoms. The first-order chi connectivity index (χ1) is 25.0. The molecule has 19 nitrogen and oxygen atoms in total. The minimum absolute atomic E-state index is 0.0504. The minimum atomic E-state index is -1.80. The predicted octanol–water partition coefficient (Wildman–Crippen LogP) is -2.02. The first kappa shape index (κ1) is 46.0. The maximum atomic E-state index is 13.8. The Morgan fingerprint density at radius 3 is 1.58 bits per heavy atom. The molecule has 0 heterocycles. The number of aliphatic carboxylic acids is 1. The standard InChI is InChI=1S/C34H58N10O9/c1-19(2)17-26(33(51)52)42-31(49)25(18-21-11-13-22(45)14-12-21)41-32(50)27(44-34(53)38-4)43-30(48)24(10-6-8-16-36)40-29(47)23(9-5-7-15-35)39-28(46)20(3)37/h11-14,19-20,23-27,45H,5-10,15-18,35-37H2,1-4H3,(H,39,46)(H,40,47)(H,41,50)(H,42,49)(H,43,48)(H,51,52)(H2,38,44,53)/t20-,23-,24-,25-,26-,27-/m0/s1. The maximum absolute atomic E-state index is 13.8. The van der Waals surface area contributed by atoms with E-state index in [1.807, 2.05) is 0 Å². The maximum Gasteiger partial charge on any atom is 0.326 e. The molecule has 53 heavy (non-hydrogen) atoms. The zero-order chi connectivity index (χ0) is 40.1. The molecule has 0 spiro atoms. The van der Waals surface area contributed by atoms with Crippen LogP contribution in [0.25, 0.3) is 0 Å². The highest BCUT2D eigenvalue weighted by molar-refractivity contribution is 5.97. The molecule has 0 aliphatic heterocycles. The number of unbranched alkanes of at least 4 members (excludes halogenated alkanes) is 2. The number of phenols is 1. The molecule has 0 aromatic heterocycles. The molecule has 0 saturated heterocycles. The van der Waals surface area contributed by atoms with Crippen molar-refractivity contribution in [3.05, 3.63) is 29.8 Å². The van der Waals surface area contributed by atoms with Crippen molar-refractivity contribution in [2.24, 2.45) is 23.1 Å². The quantitative estimate of drug-likeness (QED) is 0.0403. The average molecular weight is 751 g/mol.